The summed E-state index contributed by atoms with van der Waals surface area (Å²) in [5.41, 5.74) is 6.65. The number of hydrogen-bond acceptors (Lipinski definition) is 5. The highest BCUT2D eigenvalue weighted by Gasteiger charge is 2.54. The summed E-state index contributed by atoms with van der Waals surface area (Å²) in [7, 11) is 1.99. The Labute approximate surface area is 250 Å². The third kappa shape index (κ3) is 3.96. The summed E-state index contributed by atoms with van der Waals surface area (Å²) in [5, 5.41) is 0.437. The summed E-state index contributed by atoms with van der Waals surface area (Å²) in [4.78, 5) is 17.7. The summed E-state index contributed by atoms with van der Waals surface area (Å²) < 4.78 is 13.0. The molecule has 0 aromatic heterocycles. The van der Waals surface area contributed by atoms with Gasteiger partial charge in [-0.25, -0.2) is 4.79 Å². The monoisotopic (exact) mass is 572 g/mol. The molecule has 2 aliphatic rings. The maximum Gasteiger partial charge on any atom is 0.340 e. The third-order valence-corrected chi connectivity index (χ3v) is 8.52. The molecule has 0 radical (unpaired) electrons. The van der Waals surface area contributed by atoms with Crippen LogP contribution in [0.4, 0.5) is 22.7 Å². The zero-order valence-corrected chi connectivity index (χ0v) is 24.4. The highest BCUT2D eigenvalue weighted by Crippen LogP contribution is 2.59. The molecule has 5 aromatic rings. The lowest BCUT2D eigenvalue weighted by molar-refractivity contribution is 0.0224. The molecule has 1 atom stereocenters. The number of hydrogen-bond donors (Lipinski definition) is 0. The van der Waals surface area contributed by atoms with Crippen LogP contribution in [-0.2, 0) is 10.3 Å². The number of aryl methyl sites for hydroxylation is 1. The van der Waals surface area contributed by atoms with Gasteiger partial charge in [0.1, 0.15) is 5.75 Å². The number of halogens is 1. The molecule has 0 saturated carbocycles. The predicted octanol–water partition coefficient (Wildman–Crippen LogP) is 9.14. The van der Waals surface area contributed by atoms with Gasteiger partial charge in [-0.05, 0) is 68.4 Å². The Kier molecular flexibility index (Phi) is 6.21. The lowest BCUT2D eigenvalue weighted by atomic mass is 9.77. The van der Waals surface area contributed by atoms with E-state index in [1.807, 2.05) is 85.9 Å². The molecule has 0 N–H and O–H groups in total. The van der Waals surface area contributed by atoms with Crippen LogP contribution >= 0.6 is 11.6 Å². The van der Waals surface area contributed by atoms with E-state index in [2.05, 4.69) is 54.0 Å². The van der Waals surface area contributed by atoms with Crippen molar-refractivity contribution in [1.82, 2.24) is 0 Å². The standard InChI is InChI=1S/C36H29ClN2O3/c1-4-39(25-16-14-23(2)15-17-25)26-18-19-30-33(22-26)41-34-31(36(30)29-13-9-8-12-28(29)35(40)42-36)20-27(21-32(34)37)38(3)24-10-6-5-7-11-24/h5-22H,4H2,1-3H3. The lowest BCUT2D eigenvalue weighted by Crippen LogP contribution is -2.33. The van der Waals surface area contributed by atoms with Crippen molar-refractivity contribution < 1.29 is 14.3 Å². The fourth-order valence-electron chi connectivity index (χ4n) is 6.10. The predicted molar refractivity (Wildman–Crippen MR) is 168 cm³/mol. The van der Waals surface area contributed by atoms with Crippen LogP contribution in [0.25, 0.3) is 0 Å². The van der Waals surface area contributed by atoms with Gasteiger partial charge in [0.05, 0.1) is 16.1 Å². The van der Waals surface area contributed by atoms with Crippen molar-refractivity contribution in [3.05, 3.63) is 142 Å². The maximum absolute atomic E-state index is 13.4. The van der Waals surface area contributed by atoms with Crippen molar-refractivity contribution in [1.29, 1.82) is 0 Å². The van der Waals surface area contributed by atoms with Crippen LogP contribution in [0.1, 0.15) is 39.5 Å². The topological polar surface area (TPSA) is 42.0 Å². The van der Waals surface area contributed by atoms with E-state index >= 15 is 0 Å². The number of esters is 1. The summed E-state index contributed by atoms with van der Waals surface area (Å²) >= 11 is 7.01. The Morgan fingerprint density at radius 2 is 1.45 bits per heavy atom. The summed E-state index contributed by atoms with van der Waals surface area (Å²) in [6, 6.07) is 36.1. The van der Waals surface area contributed by atoms with Gasteiger partial charge < -0.3 is 19.3 Å². The van der Waals surface area contributed by atoms with Crippen LogP contribution in [-0.4, -0.2) is 19.6 Å². The van der Waals surface area contributed by atoms with Gasteiger partial charge in [-0.3, -0.25) is 0 Å². The van der Waals surface area contributed by atoms with E-state index in [1.54, 1.807) is 0 Å². The molecular formula is C36H29ClN2O3. The van der Waals surface area contributed by atoms with Gasteiger partial charge in [0.2, 0.25) is 0 Å². The second-order valence-corrected chi connectivity index (χ2v) is 11.1. The molecule has 1 unspecified atom stereocenters. The van der Waals surface area contributed by atoms with Crippen molar-refractivity contribution in [3.63, 3.8) is 0 Å². The van der Waals surface area contributed by atoms with Gasteiger partial charge in [-0.1, -0.05) is 65.7 Å². The fraction of sp³-hybridized carbons (Fsp3) is 0.139. The van der Waals surface area contributed by atoms with Crippen LogP contribution in [0.15, 0.2) is 109 Å². The first-order valence-electron chi connectivity index (χ1n) is 14.0. The van der Waals surface area contributed by atoms with Gasteiger partial charge >= 0.3 is 5.97 Å². The normalized spacial score (nSPS) is 16.2. The second-order valence-electron chi connectivity index (χ2n) is 10.7. The van der Waals surface area contributed by atoms with E-state index in [0.29, 0.717) is 27.6 Å². The van der Waals surface area contributed by atoms with E-state index in [-0.39, 0.29) is 5.97 Å². The van der Waals surface area contributed by atoms with Crippen molar-refractivity contribution in [2.24, 2.45) is 0 Å². The highest BCUT2D eigenvalue weighted by molar-refractivity contribution is 6.32. The number of rotatable bonds is 5. The van der Waals surface area contributed by atoms with E-state index < -0.39 is 5.60 Å². The first-order valence-corrected chi connectivity index (χ1v) is 14.4. The van der Waals surface area contributed by atoms with Gasteiger partial charge in [0.25, 0.3) is 0 Å². The number of carbonyl (C=O) groups excluding carboxylic acids is 1. The van der Waals surface area contributed by atoms with Gasteiger partial charge in [0, 0.05) is 53.5 Å². The SMILES string of the molecule is CCN(c1ccc(C)cc1)c1ccc2c(c1)Oc1c(Cl)cc(N(C)c3ccccc3)cc1C21OC(=O)c2ccccc21. The molecule has 208 valence electrons. The number of fused-ring (bicyclic) bond motifs is 6. The van der Waals surface area contributed by atoms with Crippen LogP contribution in [0.5, 0.6) is 11.5 Å². The van der Waals surface area contributed by atoms with E-state index in [4.69, 9.17) is 21.1 Å². The van der Waals surface area contributed by atoms with Crippen molar-refractivity contribution in [3.8, 4) is 11.5 Å². The van der Waals surface area contributed by atoms with E-state index in [0.717, 1.165) is 40.4 Å². The minimum absolute atomic E-state index is 0.374. The molecule has 0 saturated heterocycles. The molecular weight excluding hydrogens is 544 g/mol. The van der Waals surface area contributed by atoms with Crippen LogP contribution in [0.3, 0.4) is 0 Å². The summed E-state index contributed by atoms with van der Waals surface area (Å²) in [6.45, 7) is 4.96. The Morgan fingerprint density at radius 1 is 0.738 bits per heavy atom. The molecule has 5 aromatic carbocycles. The molecule has 0 bridgehead atoms. The Balaban J connectivity index is 1.43. The molecule has 2 aliphatic heterocycles. The van der Waals surface area contributed by atoms with E-state index in [9.17, 15) is 4.79 Å². The third-order valence-electron chi connectivity index (χ3n) is 8.24. The minimum atomic E-state index is -1.22. The first kappa shape index (κ1) is 26.2. The maximum atomic E-state index is 13.4. The van der Waals surface area contributed by atoms with Crippen LogP contribution in [0, 0.1) is 6.92 Å². The number of para-hydroxylation sites is 1. The Hall–Kier alpha value is -4.74. The molecule has 0 amide bonds. The molecule has 5 nitrogen and oxygen atoms in total. The Bertz CT molecular complexity index is 1840. The second kappa shape index (κ2) is 9.97. The zero-order valence-electron chi connectivity index (χ0n) is 23.6. The van der Waals surface area contributed by atoms with Gasteiger partial charge in [-0.2, -0.15) is 0 Å². The van der Waals surface area contributed by atoms with Crippen molar-refractivity contribution in [2.45, 2.75) is 19.4 Å². The average molecular weight is 573 g/mol. The number of benzene rings is 5. The molecule has 1 spiro atoms. The summed E-state index contributed by atoms with van der Waals surface area (Å²) in [5.74, 6) is 0.705. The van der Waals surface area contributed by atoms with Crippen LogP contribution < -0.4 is 14.5 Å². The zero-order chi connectivity index (χ0) is 29.0. The molecule has 42 heavy (non-hydrogen) atoms. The molecule has 0 fully saturated rings. The van der Waals surface area contributed by atoms with Crippen molar-refractivity contribution in [2.75, 3.05) is 23.4 Å². The first-order chi connectivity index (χ1) is 20.4. The van der Waals surface area contributed by atoms with Crippen molar-refractivity contribution >= 4 is 40.3 Å². The molecule has 7 rings (SSSR count). The Morgan fingerprint density at radius 3 is 2.21 bits per heavy atom. The quantitative estimate of drug-likeness (QED) is 0.196. The molecule has 2 heterocycles. The number of nitrogens with zero attached hydrogens (tertiary/aromatic N) is 2. The number of carbonyl (C=O) groups is 1. The average Bonchev–Trinajstić information content (AvgIpc) is 3.31. The minimum Gasteiger partial charge on any atom is -0.455 e. The fourth-order valence-corrected chi connectivity index (χ4v) is 6.36. The summed E-state index contributed by atoms with van der Waals surface area (Å²) in [6.07, 6.45) is 0. The smallest absolute Gasteiger partial charge is 0.340 e. The van der Waals surface area contributed by atoms with E-state index in [1.165, 1.54) is 5.56 Å². The molecule has 6 heteroatoms. The van der Waals surface area contributed by atoms with Gasteiger partial charge in [0.15, 0.2) is 11.4 Å². The molecule has 0 aliphatic carbocycles. The highest BCUT2D eigenvalue weighted by atomic mass is 35.5. The lowest BCUT2D eigenvalue weighted by Gasteiger charge is -2.38. The number of ether oxygens (including phenoxy) is 2. The van der Waals surface area contributed by atoms with Gasteiger partial charge in [-0.15, -0.1) is 0 Å². The largest absolute Gasteiger partial charge is 0.455 e. The number of anilines is 4. The van der Waals surface area contributed by atoms with Crippen LogP contribution in [0.2, 0.25) is 5.02 Å².